The summed E-state index contributed by atoms with van der Waals surface area (Å²) >= 11 is 1.88. The minimum atomic E-state index is 0.105. The van der Waals surface area contributed by atoms with Crippen molar-refractivity contribution in [1.82, 2.24) is 10.3 Å². The van der Waals surface area contributed by atoms with Crippen molar-refractivity contribution in [3.05, 3.63) is 39.7 Å². The predicted octanol–water partition coefficient (Wildman–Crippen LogP) is 3.47. The molecule has 23 heavy (non-hydrogen) atoms. The van der Waals surface area contributed by atoms with E-state index in [1.165, 1.54) is 34.8 Å². The van der Waals surface area contributed by atoms with Crippen molar-refractivity contribution in [2.24, 2.45) is 5.92 Å². The second-order valence-corrected chi connectivity index (χ2v) is 7.71. The Morgan fingerprint density at radius 2 is 2.30 bits per heavy atom. The molecule has 2 atom stereocenters. The highest BCUT2D eigenvalue weighted by Gasteiger charge is 2.45. The van der Waals surface area contributed by atoms with Gasteiger partial charge in [-0.3, -0.25) is 4.79 Å². The number of fused-ring (bicyclic) bond motifs is 1. The van der Waals surface area contributed by atoms with E-state index in [1.54, 1.807) is 6.26 Å². The third kappa shape index (κ3) is 3.34. The Labute approximate surface area is 140 Å². The van der Waals surface area contributed by atoms with Crippen LogP contribution in [0, 0.1) is 5.92 Å². The summed E-state index contributed by atoms with van der Waals surface area (Å²) in [6.07, 6.45) is 9.49. The summed E-state index contributed by atoms with van der Waals surface area (Å²) in [6, 6.07) is 3.85. The lowest BCUT2D eigenvalue weighted by atomic mass is 10.0. The van der Waals surface area contributed by atoms with Crippen molar-refractivity contribution in [2.45, 2.75) is 50.9 Å². The van der Waals surface area contributed by atoms with Gasteiger partial charge >= 0.3 is 0 Å². The average Bonchev–Trinajstić information content (AvgIpc) is 2.99. The first-order chi connectivity index (χ1) is 11.3. The van der Waals surface area contributed by atoms with Gasteiger partial charge in [0.25, 0.3) is 0 Å². The molecule has 1 saturated carbocycles. The molecule has 1 N–H and O–H groups in total. The smallest absolute Gasteiger partial charge is 0.223 e. The van der Waals surface area contributed by atoms with Crippen LogP contribution in [0.1, 0.15) is 52.9 Å². The minimum Gasteiger partial charge on any atom is -0.469 e. The highest BCUT2D eigenvalue weighted by Crippen LogP contribution is 2.47. The van der Waals surface area contributed by atoms with Crippen molar-refractivity contribution in [3.63, 3.8) is 0 Å². The van der Waals surface area contributed by atoms with E-state index in [2.05, 4.69) is 5.32 Å². The number of amides is 1. The number of hydrogen-bond acceptors (Lipinski definition) is 4. The molecule has 2 aliphatic rings. The maximum Gasteiger partial charge on any atom is 0.223 e. The van der Waals surface area contributed by atoms with Crippen LogP contribution in [0.4, 0.5) is 0 Å². The molecule has 4 nitrogen and oxygen atoms in total. The SMILES string of the molecule is O=C(NCCCc1nc2c(s1)CCCC2)[C@@H]1C[C@@H]1c1ccco1. The maximum absolute atomic E-state index is 12.1. The number of carbonyl (C=O) groups excluding carboxylic acids is 1. The number of aromatic nitrogens is 1. The van der Waals surface area contributed by atoms with Gasteiger partial charge in [-0.1, -0.05) is 0 Å². The predicted molar refractivity (Wildman–Crippen MR) is 89.6 cm³/mol. The molecule has 0 aliphatic heterocycles. The molecule has 2 aromatic heterocycles. The molecule has 5 heteroatoms. The summed E-state index contributed by atoms with van der Waals surface area (Å²) in [6.45, 7) is 0.741. The highest BCUT2D eigenvalue weighted by molar-refractivity contribution is 7.11. The van der Waals surface area contributed by atoms with Gasteiger partial charge in [0.15, 0.2) is 0 Å². The van der Waals surface area contributed by atoms with E-state index in [1.807, 2.05) is 23.5 Å². The van der Waals surface area contributed by atoms with Crippen molar-refractivity contribution < 1.29 is 9.21 Å². The van der Waals surface area contributed by atoms with Gasteiger partial charge in [-0.25, -0.2) is 4.98 Å². The second-order valence-electron chi connectivity index (χ2n) is 6.54. The molecule has 1 fully saturated rings. The van der Waals surface area contributed by atoms with Crippen molar-refractivity contribution in [3.8, 4) is 0 Å². The highest BCUT2D eigenvalue weighted by atomic mass is 32.1. The van der Waals surface area contributed by atoms with Crippen LogP contribution >= 0.6 is 11.3 Å². The second kappa shape index (κ2) is 6.48. The summed E-state index contributed by atoms with van der Waals surface area (Å²) in [4.78, 5) is 18.4. The monoisotopic (exact) mass is 330 g/mol. The number of carbonyl (C=O) groups is 1. The number of nitrogens with zero attached hydrogens (tertiary/aromatic N) is 1. The molecule has 0 aromatic carbocycles. The van der Waals surface area contributed by atoms with Gasteiger partial charge in [0.05, 0.1) is 17.0 Å². The average molecular weight is 330 g/mol. The fourth-order valence-corrected chi connectivity index (χ4v) is 4.59. The van der Waals surface area contributed by atoms with Gasteiger partial charge in [-0.05, 0) is 50.7 Å². The standard InChI is InChI=1S/C18H22N2O2S/c21-18(13-11-12(13)15-6-4-10-22-15)19-9-3-8-17-20-14-5-1-2-7-16(14)23-17/h4,6,10,12-13H,1-3,5,7-9,11H2,(H,19,21)/t12-,13+/m0/s1. The quantitative estimate of drug-likeness (QED) is 0.825. The van der Waals surface area contributed by atoms with E-state index >= 15 is 0 Å². The van der Waals surface area contributed by atoms with Gasteiger partial charge in [-0.15, -0.1) is 11.3 Å². The lowest BCUT2D eigenvalue weighted by Gasteiger charge is -2.06. The van der Waals surface area contributed by atoms with Gasteiger partial charge in [0, 0.05) is 29.7 Å². The molecular formula is C18H22N2O2S. The summed E-state index contributed by atoms with van der Waals surface area (Å²) in [5.74, 6) is 1.51. The first-order valence-electron chi connectivity index (χ1n) is 8.60. The van der Waals surface area contributed by atoms with Crippen LogP contribution in [0.15, 0.2) is 22.8 Å². The van der Waals surface area contributed by atoms with E-state index < -0.39 is 0 Å². The fraction of sp³-hybridized carbons (Fsp3) is 0.556. The zero-order valence-corrected chi connectivity index (χ0v) is 14.0. The fourth-order valence-electron chi connectivity index (χ4n) is 3.40. The van der Waals surface area contributed by atoms with Crippen LogP contribution in [-0.2, 0) is 24.1 Å². The third-order valence-corrected chi connectivity index (χ3v) is 6.01. The van der Waals surface area contributed by atoms with Crippen LogP contribution in [0.25, 0.3) is 0 Å². The number of nitrogens with one attached hydrogen (secondary N) is 1. The Hall–Kier alpha value is -1.62. The molecule has 2 heterocycles. The Bertz CT molecular complexity index is 654. The number of thiazole rings is 1. The Morgan fingerprint density at radius 3 is 3.13 bits per heavy atom. The molecule has 0 saturated heterocycles. The maximum atomic E-state index is 12.1. The van der Waals surface area contributed by atoms with Crippen LogP contribution < -0.4 is 5.32 Å². The molecule has 4 rings (SSSR count). The normalized spacial score (nSPS) is 22.6. The van der Waals surface area contributed by atoms with E-state index in [0.29, 0.717) is 0 Å². The molecule has 0 spiro atoms. The Morgan fingerprint density at radius 1 is 1.39 bits per heavy atom. The first-order valence-corrected chi connectivity index (χ1v) is 9.41. The van der Waals surface area contributed by atoms with E-state index in [4.69, 9.17) is 9.40 Å². The van der Waals surface area contributed by atoms with Gasteiger partial charge in [0.2, 0.25) is 5.91 Å². The Balaban J connectivity index is 1.19. The largest absolute Gasteiger partial charge is 0.469 e. The van der Waals surface area contributed by atoms with Crippen LogP contribution in [0.3, 0.4) is 0 Å². The summed E-state index contributed by atoms with van der Waals surface area (Å²) in [7, 11) is 0. The molecule has 122 valence electrons. The number of aryl methyl sites for hydroxylation is 3. The molecule has 2 aromatic rings. The van der Waals surface area contributed by atoms with Crippen LogP contribution in [-0.4, -0.2) is 17.4 Å². The zero-order valence-electron chi connectivity index (χ0n) is 13.2. The van der Waals surface area contributed by atoms with Gasteiger partial charge < -0.3 is 9.73 Å². The van der Waals surface area contributed by atoms with Crippen molar-refractivity contribution in [2.75, 3.05) is 6.54 Å². The third-order valence-electron chi connectivity index (χ3n) is 4.79. The summed E-state index contributed by atoms with van der Waals surface area (Å²) < 4.78 is 5.37. The summed E-state index contributed by atoms with van der Waals surface area (Å²) in [5.41, 5.74) is 1.33. The van der Waals surface area contributed by atoms with E-state index in [9.17, 15) is 4.79 Å². The summed E-state index contributed by atoms with van der Waals surface area (Å²) in [5, 5.41) is 4.31. The number of furan rings is 1. The lowest BCUT2D eigenvalue weighted by molar-refractivity contribution is -0.122. The molecule has 0 bridgehead atoms. The molecule has 2 aliphatic carbocycles. The van der Waals surface area contributed by atoms with Crippen LogP contribution in [0.2, 0.25) is 0 Å². The lowest BCUT2D eigenvalue weighted by Crippen LogP contribution is -2.26. The van der Waals surface area contributed by atoms with Gasteiger partial charge in [0.1, 0.15) is 5.76 Å². The molecular weight excluding hydrogens is 308 g/mol. The minimum absolute atomic E-state index is 0.105. The van der Waals surface area contributed by atoms with E-state index in [0.717, 1.165) is 38.0 Å². The molecule has 0 radical (unpaired) electrons. The van der Waals surface area contributed by atoms with Gasteiger partial charge in [-0.2, -0.15) is 0 Å². The van der Waals surface area contributed by atoms with E-state index in [-0.39, 0.29) is 17.7 Å². The number of rotatable bonds is 6. The molecule has 0 unspecified atom stereocenters. The van der Waals surface area contributed by atoms with Crippen molar-refractivity contribution >= 4 is 17.2 Å². The topological polar surface area (TPSA) is 55.1 Å². The van der Waals surface area contributed by atoms with Crippen LogP contribution in [0.5, 0.6) is 0 Å². The van der Waals surface area contributed by atoms with Crippen molar-refractivity contribution in [1.29, 1.82) is 0 Å². The molecule has 1 amide bonds. The number of hydrogen-bond donors (Lipinski definition) is 1. The zero-order chi connectivity index (χ0) is 15.6. The first kappa shape index (κ1) is 14.9. The Kier molecular flexibility index (Phi) is 4.21.